The molecule has 0 bridgehead atoms. The zero-order valence-corrected chi connectivity index (χ0v) is 17.2. The van der Waals surface area contributed by atoms with Crippen LogP contribution in [0.5, 0.6) is 0 Å². The number of anilines is 1. The maximum absolute atomic E-state index is 12.7. The average molecular weight is 418 g/mol. The largest absolute Gasteiger partial charge is 0.396 e. The van der Waals surface area contributed by atoms with Crippen LogP contribution in [0, 0.1) is 0 Å². The Balaban J connectivity index is 1.89. The molecule has 0 radical (unpaired) electrons. The standard InChI is InChI=1S/C18H19N5OS3/c1-2-3-6-27(24)18-15(20)14-11(10-7-13(19)22-9-10)8-12(23-17(14)26-18)16-21-4-5-25-16/h4-5,8-9H,2-3,6-7,20H2,1H3,(H2,19,22). The van der Waals surface area contributed by atoms with E-state index >= 15 is 0 Å². The third-order valence-electron chi connectivity index (χ3n) is 4.31. The third-order valence-corrected chi connectivity index (χ3v) is 8.10. The molecule has 27 heavy (non-hydrogen) atoms. The fourth-order valence-corrected chi connectivity index (χ4v) is 6.36. The number of nitrogen functional groups attached to an aromatic ring is 1. The number of rotatable bonds is 6. The Labute approximate surface area is 167 Å². The van der Waals surface area contributed by atoms with E-state index in [0.29, 0.717) is 27.9 Å². The van der Waals surface area contributed by atoms with Crippen LogP contribution in [0.2, 0.25) is 0 Å². The summed E-state index contributed by atoms with van der Waals surface area (Å²) in [5, 5.41) is 3.60. The summed E-state index contributed by atoms with van der Waals surface area (Å²) in [7, 11) is -1.12. The monoisotopic (exact) mass is 417 g/mol. The number of nitrogens with zero attached hydrogens (tertiary/aromatic N) is 3. The molecular formula is C18H19N5OS3. The third kappa shape index (κ3) is 3.42. The first-order valence-corrected chi connectivity index (χ1v) is 11.6. The second-order valence-corrected chi connectivity index (χ2v) is 9.89. The molecule has 140 valence electrons. The minimum atomic E-state index is -1.12. The number of hydrogen-bond donors (Lipinski definition) is 2. The molecule has 3 aromatic rings. The molecule has 0 aromatic carbocycles. The Morgan fingerprint density at radius 2 is 2.19 bits per heavy atom. The molecule has 0 amide bonds. The Bertz CT molecular complexity index is 1080. The van der Waals surface area contributed by atoms with Crippen LogP contribution < -0.4 is 11.5 Å². The van der Waals surface area contributed by atoms with Crippen molar-refractivity contribution < 1.29 is 4.21 Å². The molecule has 3 aromatic heterocycles. The van der Waals surface area contributed by atoms with Crippen molar-refractivity contribution >= 4 is 60.8 Å². The summed E-state index contributed by atoms with van der Waals surface area (Å²) < 4.78 is 13.4. The molecule has 0 saturated heterocycles. The summed E-state index contributed by atoms with van der Waals surface area (Å²) in [5.74, 6) is 1.19. The van der Waals surface area contributed by atoms with Crippen molar-refractivity contribution in [2.75, 3.05) is 11.5 Å². The number of amidine groups is 1. The first kappa shape index (κ1) is 18.3. The molecule has 1 atom stereocenters. The average Bonchev–Trinajstić information content (AvgIpc) is 3.39. The lowest BCUT2D eigenvalue weighted by Gasteiger charge is -2.08. The highest BCUT2D eigenvalue weighted by atomic mass is 32.2. The maximum Gasteiger partial charge on any atom is 0.141 e. The quantitative estimate of drug-likeness (QED) is 0.630. The Kier molecular flexibility index (Phi) is 5.07. The van der Waals surface area contributed by atoms with E-state index < -0.39 is 10.8 Å². The highest BCUT2D eigenvalue weighted by molar-refractivity contribution is 7.87. The molecule has 0 spiro atoms. The molecule has 4 heterocycles. The van der Waals surface area contributed by atoms with Crippen molar-refractivity contribution in [2.24, 2.45) is 10.7 Å². The van der Waals surface area contributed by atoms with Gasteiger partial charge >= 0.3 is 0 Å². The molecule has 1 unspecified atom stereocenters. The summed E-state index contributed by atoms with van der Waals surface area (Å²) in [6.07, 6.45) is 6.01. The summed E-state index contributed by atoms with van der Waals surface area (Å²) in [5.41, 5.74) is 15.6. The van der Waals surface area contributed by atoms with Gasteiger partial charge < -0.3 is 11.5 Å². The predicted octanol–water partition coefficient (Wildman–Crippen LogP) is 4.01. The molecule has 0 aliphatic carbocycles. The van der Waals surface area contributed by atoms with E-state index in [9.17, 15) is 4.21 Å². The van der Waals surface area contributed by atoms with Crippen LogP contribution in [-0.4, -0.2) is 25.8 Å². The van der Waals surface area contributed by atoms with E-state index in [1.165, 1.54) is 22.7 Å². The molecule has 4 N–H and O–H groups in total. The molecule has 4 rings (SSSR count). The van der Waals surface area contributed by atoms with Gasteiger partial charge in [-0.1, -0.05) is 13.3 Å². The van der Waals surface area contributed by atoms with Gasteiger partial charge in [-0.2, -0.15) is 0 Å². The van der Waals surface area contributed by atoms with Gasteiger partial charge in [0.25, 0.3) is 0 Å². The van der Waals surface area contributed by atoms with E-state index in [1.807, 2.05) is 11.4 Å². The zero-order chi connectivity index (χ0) is 19.0. The Morgan fingerprint density at radius 3 is 2.85 bits per heavy atom. The zero-order valence-electron chi connectivity index (χ0n) is 14.8. The van der Waals surface area contributed by atoms with E-state index in [0.717, 1.165) is 44.9 Å². The molecule has 9 heteroatoms. The molecule has 0 saturated carbocycles. The van der Waals surface area contributed by atoms with Crippen LogP contribution in [0.3, 0.4) is 0 Å². The highest BCUT2D eigenvalue weighted by Crippen LogP contribution is 2.42. The second-order valence-electron chi connectivity index (χ2n) is 6.23. The van der Waals surface area contributed by atoms with Crippen LogP contribution in [0.15, 0.2) is 33.0 Å². The minimum absolute atomic E-state index is 0.559. The van der Waals surface area contributed by atoms with Gasteiger partial charge in [0.2, 0.25) is 0 Å². The van der Waals surface area contributed by atoms with Crippen molar-refractivity contribution in [1.82, 2.24) is 9.97 Å². The lowest BCUT2D eigenvalue weighted by Crippen LogP contribution is -2.08. The number of nitrogens with two attached hydrogens (primary N) is 2. The van der Waals surface area contributed by atoms with Crippen LogP contribution in [0.25, 0.3) is 26.5 Å². The lowest BCUT2D eigenvalue weighted by atomic mass is 10.0. The SMILES string of the molecule is CCCCS(=O)c1sc2nc(-c3nccs3)cc(C3=CN=C(N)C3)c2c1N. The normalized spacial score (nSPS) is 15.1. The van der Waals surface area contributed by atoms with Crippen molar-refractivity contribution in [3.63, 3.8) is 0 Å². The van der Waals surface area contributed by atoms with Crippen molar-refractivity contribution in [1.29, 1.82) is 0 Å². The summed E-state index contributed by atoms with van der Waals surface area (Å²) in [6.45, 7) is 2.09. The molecule has 1 aliphatic heterocycles. The van der Waals surface area contributed by atoms with Gasteiger partial charge in [-0.25, -0.2) is 15.0 Å². The van der Waals surface area contributed by atoms with Gasteiger partial charge in [0.15, 0.2) is 0 Å². The van der Waals surface area contributed by atoms with Crippen molar-refractivity contribution in [2.45, 2.75) is 30.4 Å². The summed E-state index contributed by atoms with van der Waals surface area (Å²) in [6, 6.07) is 1.99. The molecule has 0 fully saturated rings. The summed E-state index contributed by atoms with van der Waals surface area (Å²) in [4.78, 5) is 14.1. The highest BCUT2D eigenvalue weighted by Gasteiger charge is 2.23. The molecule has 6 nitrogen and oxygen atoms in total. The van der Waals surface area contributed by atoms with Crippen LogP contribution >= 0.6 is 22.7 Å². The lowest BCUT2D eigenvalue weighted by molar-refractivity contribution is 0.681. The molecular weight excluding hydrogens is 398 g/mol. The van der Waals surface area contributed by atoms with Crippen LogP contribution in [-0.2, 0) is 10.8 Å². The molecule has 1 aliphatic rings. The number of fused-ring (bicyclic) bond motifs is 1. The number of thiazole rings is 1. The van der Waals surface area contributed by atoms with Crippen molar-refractivity contribution in [3.8, 4) is 10.7 Å². The Hall–Kier alpha value is -2.10. The first-order valence-electron chi connectivity index (χ1n) is 8.61. The smallest absolute Gasteiger partial charge is 0.141 e. The predicted molar refractivity (Wildman–Crippen MR) is 116 cm³/mol. The number of pyridine rings is 1. The van der Waals surface area contributed by atoms with Crippen LogP contribution in [0.1, 0.15) is 31.7 Å². The van der Waals surface area contributed by atoms with E-state index in [1.54, 1.807) is 12.4 Å². The Morgan fingerprint density at radius 1 is 1.33 bits per heavy atom. The van der Waals surface area contributed by atoms with E-state index in [4.69, 9.17) is 16.5 Å². The van der Waals surface area contributed by atoms with Gasteiger partial charge in [0.1, 0.15) is 25.6 Å². The van der Waals surface area contributed by atoms with Gasteiger partial charge in [-0.3, -0.25) is 4.21 Å². The van der Waals surface area contributed by atoms with Gasteiger partial charge in [0, 0.05) is 35.3 Å². The van der Waals surface area contributed by atoms with Gasteiger partial charge in [0.05, 0.1) is 16.5 Å². The number of thiophene rings is 1. The summed E-state index contributed by atoms with van der Waals surface area (Å²) >= 11 is 2.94. The fourth-order valence-electron chi connectivity index (χ4n) is 2.96. The number of hydrogen-bond acceptors (Lipinski definition) is 8. The fraction of sp³-hybridized carbons (Fsp3) is 0.278. The van der Waals surface area contributed by atoms with Crippen LogP contribution in [0.4, 0.5) is 5.69 Å². The second kappa shape index (κ2) is 7.49. The number of aromatic nitrogens is 2. The first-order chi connectivity index (χ1) is 13.1. The maximum atomic E-state index is 12.7. The number of aliphatic imine (C=N–C) groups is 1. The number of unbranched alkanes of at least 4 members (excludes halogenated alkanes) is 1. The topological polar surface area (TPSA) is 107 Å². The van der Waals surface area contributed by atoms with Gasteiger partial charge in [-0.15, -0.1) is 22.7 Å². The van der Waals surface area contributed by atoms with E-state index in [2.05, 4.69) is 16.9 Å². The van der Waals surface area contributed by atoms with Crippen molar-refractivity contribution in [3.05, 3.63) is 29.4 Å². The van der Waals surface area contributed by atoms with E-state index in [-0.39, 0.29) is 0 Å². The minimum Gasteiger partial charge on any atom is -0.396 e. The van der Waals surface area contributed by atoms with Gasteiger partial charge in [-0.05, 0) is 23.6 Å².